The van der Waals surface area contributed by atoms with Crippen molar-refractivity contribution < 1.29 is 9.84 Å². The zero-order valence-electron chi connectivity index (χ0n) is 12.4. The van der Waals surface area contributed by atoms with Gasteiger partial charge in [-0.3, -0.25) is 0 Å². The van der Waals surface area contributed by atoms with Gasteiger partial charge in [-0.2, -0.15) is 0 Å². The summed E-state index contributed by atoms with van der Waals surface area (Å²) in [5, 5.41) is 13.1. The van der Waals surface area contributed by atoms with Crippen LogP contribution in [0.4, 0.5) is 0 Å². The van der Waals surface area contributed by atoms with Gasteiger partial charge in [-0.25, -0.2) is 0 Å². The molecule has 1 fully saturated rings. The minimum absolute atomic E-state index is 0.0907. The predicted octanol–water partition coefficient (Wildman–Crippen LogP) is 2.49. The van der Waals surface area contributed by atoms with E-state index in [1.54, 1.807) is 0 Å². The number of hydrogen-bond acceptors (Lipinski definition) is 3. The molecule has 1 unspecified atom stereocenters. The van der Waals surface area contributed by atoms with E-state index in [1.807, 2.05) is 6.92 Å². The molecular weight excluding hydrogens is 238 g/mol. The molecule has 0 radical (unpaired) electrons. The van der Waals surface area contributed by atoms with Gasteiger partial charge in [-0.1, -0.05) is 12.1 Å². The van der Waals surface area contributed by atoms with Crippen LogP contribution in [0.2, 0.25) is 0 Å². The topological polar surface area (TPSA) is 41.5 Å². The van der Waals surface area contributed by atoms with Crippen LogP contribution in [0.1, 0.15) is 36.5 Å². The van der Waals surface area contributed by atoms with Crippen molar-refractivity contribution >= 4 is 0 Å². The van der Waals surface area contributed by atoms with E-state index in [4.69, 9.17) is 4.74 Å². The number of nitrogens with one attached hydrogen (secondary N) is 1. The van der Waals surface area contributed by atoms with E-state index in [2.05, 4.69) is 38.2 Å². The Morgan fingerprint density at radius 3 is 2.47 bits per heavy atom. The van der Waals surface area contributed by atoms with Crippen LogP contribution in [0.3, 0.4) is 0 Å². The molecule has 19 heavy (non-hydrogen) atoms. The molecule has 106 valence electrons. The third kappa shape index (κ3) is 3.48. The predicted molar refractivity (Wildman–Crippen MR) is 77.8 cm³/mol. The van der Waals surface area contributed by atoms with Gasteiger partial charge >= 0.3 is 0 Å². The number of hydrogen-bond donors (Lipinski definition) is 2. The molecule has 2 N–H and O–H groups in total. The first-order valence-corrected chi connectivity index (χ1v) is 7.03. The molecule has 1 aliphatic carbocycles. The summed E-state index contributed by atoms with van der Waals surface area (Å²) in [5.74, 6) is 0.956. The van der Waals surface area contributed by atoms with Gasteiger partial charge in [0.15, 0.2) is 0 Å². The number of ether oxygens (including phenoxy) is 1. The van der Waals surface area contributed by atoms with E-state index in [1.165, 1.54) is 24.0 Å². The SMILES string of the molecule is Cc1ccc(C)c(OCC(C)(CO)NC2CC2)c1C. The molecule has 0 amide bonds. The second-order valence-electron chi connectivity index (χ2n) is 6.08. The molecule has 1 aliphatic rings. The molecule has 0 heterocycles. The van der Waals surface area contributed by atoms with Gasteiger partial charge in [0.2, 0.25) is 0 Å². The van der Waals surface area contributed by atoms with Crippen molar-refractivity contribution in [1.29, 1.82) is 0 Å². The van der Waals surface area contributed by atoms with Crippen molar-refractivity contribution in [2.45, 2.75) is 52.1 Å². The number of benzene rings is 1. The highest BCUT2D eigenvalue weighted by molar-refractivity contribution is 5.44. The Bertz CT molecular complexity index is 454. The highest BCUT2D eigenvalue weighted by Gasteiger charge is 2.32. The Kier molecular flexibility index (Phi) is 4.16. The van der Waals surface area contributed by atoms with Crippen molar-refractivity contribution in [3.8, 4) is 5.75 Å². The molecule has 1 aromatic rings. The van der Waals surface area contributed by atoms with Gasteiger partial charge in [0.25, 0.3) is 0 Å². The summed E-state index contributed by atoms with van der Waals surface area (Å²) in [6.45, 7) is 8.84. The number of aliphatic hydroxyl groups excluding tert-OH is 1. The number of aryl methyl sites for hydroxylation is 2. The maximum absolute atomic E-state index is 9.59. The molecule has 0 bridgehead atoms. The van der Waals surface area contributed by atoms with E-state index < -0.39 is 0 Å². The average Bonchev–Trinajstić information content (AvgIpc) is 3.18. The van der Waals surface area contributed by atoms with Crippen molar-refractivity contribution in [1.82, 2.24) is 5.32 Å². The van der Waals surface area contributed by atoms with Crippen LogP contribution < -0.4 is 10.1 Å². The van der Waals surface area contributed by atoms with E-state index >= 15 is 0 Å². The van der Waals surface area contributed by atoms with Crippen LogP contribution in [-0.4, -0.2) is 29.9 Å². The second-order valence-corrected chi connectivity index (χ2v) is 6.08. The summed E-state index contributed by atoms with van der Waals surface area (Å²) < 4.78 is 6.01. The Labute approximate surface area is 116 Å². The molecule has 1 saturated carbocycles. The van der Waals surface area contributed by atoms with Gasteiger partial charge in [0, 0.05) is 6.04 Å². The van der Waals surface area contributed by atoms with Crippen LogP contribution in [0.15, 0.2) is 12.1 Å². The summed E-state index contributed by atoms with van der Waals surface area (Å²) in [7, 11) is 0. The summed E-state index contributed by atoms with van der Waals surface area (Å²) in [4.78, 5) is 0. The van der Waals surface area contributed by atoms with Gasteiger partial charge in [-0.15, -0.1) is 0 Å². The monoisotopic (exact) mass is 263 g/mol. The fraction of sp³-hybridized carbons (Fsp3) is 0.625. The van der Waals surface area contributed by atoms with E-state index in [-0.39, 0.29) is 12.1 Å². The maximum Gasteiger partial charge on any atom is 0.125 e. The first kappa shape index (κ1) is 14.4. The molecule has 0 spiro atoms. The van der Waals surface area contributed by atoms with Crippen LogP contribution in [0, 0.1) is 20.8 Å². The smallest absolute Gasteiger partial charge is 0.125 e. The van der Waals surface area contributed by atoms with Gasteiger partial charge in [-0.05, 0) is 57.2 Å². The molecule has 1 aromatic carbocycles. The summed E-state index contributed by atoms with van der Waals surface area (Å²) in [6.07, 6.45) is 2.41. The highest BCUT2D eigenvalue weighted by Crippen LogP contribution is 2.27. The summed E-state index contributed by atoms with van der Waals surface area (Å²) >= 11 is 0. The second kappa shape index (κ2) is 5.51. The first-order valence-electron chi connectivity index (χ1n) is 7.03. The Hall–Kier alpha value is -1.06. The van der Waals surface area contributed by atoms with Crippen LogP contribution >= 0.6 is 0 Å². The Balaban J connectivity index is 2.06. The highest BCUT2D eigenvalue weighted by atomic mass is 16.5. The number of rotatable bonds is 6. The van der Waals surface area contributed by atoms with Crippen LogP contribution in [0.25, 0.3) is 0 Å². The summed E-state index contributed by atoms with van der Waals surface area (Å²) in [5.41, 5.74) is 3.21. The zero-order chi connectivity index (χ0) is 14.0. The van der Waals surface area contributed by atoms with Gasteiger partial charge in [0.1, 0.15) is 12.4 Å². The van der Waals surface area contributed by atoms with E-state index in [0.29, 0.717) is 12.6 Å². The van der Waals surface area contributed by atoms with Crippen molar-refractivity contribution in [2.75, 3.05) is 13.2 Å². The van der Waals surface area contributed by atoms with Gasteiger partial charge < -0.3 is 15.2 Å². The molecule has 0 aromatic heterocycles. The third-order valence-corrected chi connectivity index (χ3v) is 3.89. The van der Waals surface area contributed by atoms with E-state index in [9.17, 15) is 5.11 Å². The minimum Gasteiger partial charge on any atom is -0.491 e. The lowest BCUT2D eigenvalue weighted by Crippen LogP contribution is -2.51. The third-order valence-electron chi connectivity index (χ3n) is 3.89. The van der Waals surface area contributed by atoms with Crippen molar-refractivity contribution in [2.24, 2.45) is 0 Å². The molecular formula is C16H25NO2. The fourth-order valence-electron chi connectivity index (χ4n) is 2.23. The quantitative estimate of drug-likeness (QED) is 0.828. The summed E-state index contributed by atoms with van der Waals surface area (Å²) in [6, 6.07) is 4.76. The molecule has 2 rings (SSSR count). The standard InChI is InChI=1S/C16H25NO2/c1-11-5-6-12(2)15(13(11)3)19-10-16(4,9-18)17-14-7-8-14/h5-6,14,17-18H,7-10H2,1-4H3. The molecule has 1 atom stereocenters. The lowest BCUT2D eigenvalue weighted by Gasteiger charge is -2.29. The molecule has 0 aliphatic heterocycles. The van der Waals surface area contributed by atoms with E-state index in [0.717, 1.165) is 11.3 Å². The average molecular weight is 263 g/mol. The number of aliphatic hydroxyl groups is 1. The molecule has 3 heteroatoms. The van der Waals surface area contributed by atoms with Crippen molar-refractivity contribution in [3.63, 3.8) is 0 Å². The zero-order valence-corrected chi connectivity index (χ0v) is 12.4. The molecule has 0 saturated heterocycles. The normalized spacial score (nSPS) is 18.2. The maximum atomic E-state index is 9.59. The van der Waals surface area contributed by atoms with Crippen molar-refractivity contribution in [3.05, 3.63) is 28.8 Å². The Morgan fingerprint density at radius 1 is 1.26 bits per heavy atom. The lowest BCUT2D eigenvalue weighted by molar-refractivity contribution is 0.113. The largest absolute Gasteiger partial charge is 0.491 e. The fourth-order valence-corrected chi connectivity index (χ4v) is 2.23. The van der Waals surface area contributed by atoms with Crippen LogP contribution in [-0.2, 0) is 0 Å². The minimum atomic E-state index is -0.357. The molecule has 3 nitrogen and oxygen atoms in total. The van der Waals surface area contributed by atoms with Crippen LogP contribution in [0.5, 0.6) is 5.75 Å². The Morgan fingerprint density at radius 2 is 1.89 bits per heavy atom. The lowest BCUT2D eigenvalue weighted by atomic mass is 10.0. The van der Waals surface area contributed by atoms with Gasteiger partial charge in [0.05, 0.1) is 12.1 Å². The first-order chi connectivity index (χ1) is 8.95.